The summed E-state index contributed by atoms with van der Waals surface area (Å²) in [4.78, 5) is 15.9. The van der Waals surface area contributed by atoms with Crippen LogP contribution in [0.15, 0.2) is 59.3 Å². The minimum atomic E-state index is -0.222. The van der Waals surface area contributed by atoms with Crippen LogP contribution in [0, 0.1) is 0 Å². The van der Waals surface area contributed by atoms with Gasteiger partial charge in [-0.15, -0.1) is 0 Å². The van der Waals surface area contributed by atoms with Crippen LogP contribution >= 0.6 is 0 Å². The van der Waals surface area contributed by atoms with E-state index in [0.29, 0.717) is 17.9 Å². The van der Waals surface area contributed by atoms with Crippen molar-refractivity contribution < 1.29 is 9.21 Å². The predicted octanol–water partition coefficient (Wildman–Crippen LogP) is 2.76. The highest BCUT2D eigenvalue weighted by Gasteiger charge is 2.11. The maximum atomic E-state index is 12.0. The van der Waals surface area contributed by atoms with E-state index in [0.717, 1.165) is 10.9 Å². The Morgan fingerprint density at radius 3 is 2.84 bits per heavy atom. The molecule has 2 heterocycles. The van der Waals surface area contributed by atoms with Crippen molar-refractivity contribution in [3.05, 3.63) is 66.2 Å². The lowest BCUT2D eigenvalue weighted by molar-refractivity contribution is 0.0925. The molecule has 0 spiro atoms. The average molecular weight is 252 g/mol. The Morgan fingerprint density at radius 1 is 1.21 bits per heavy atom. The molecule has 4 nitrogen and oxygen atoms in total. The first-order chi connectivity index (χ1) is 9.33. The molecule has 1 aromatic carbocycles. The fourth-order valence-corrected chi connectivity index (χ4v) is 1.86. The van der Waals surface area contributed by atoms with Crippen LogP contribution in [0.5, 0.6) is 0 Å². The molecule has 0 atom stereocenters. The van der Waals surface area contributed by atoms with E-state index in [-0.39, 0.29) is 5.91 Å². The van der Waals surface area contributed by atoms with Crippen molar-refractivity contribution in [3.63, 3.8) is 0 Å². The molecule has 3 rings (SSSR count). The molecule has 0 saturated heterocycles. The van der Waals surface area contributed by atoms with Crippen molar-refractivity contribution in [1.29, 1.82) is 0 Å². The van der Waals surface area contributed by atoms with Gasteiger partial charge in [-0.05, 0) is 17.7 Å². The number of fused-ring (bicyclic) bond motifs is 1. The molecule has 0 saturated carbocycles. The molecule has 0 unspecified atom stereocenters. The fraction of sp³-hybridized carbons (Fsp3) is 0.0667. The van der Waals surface area contributed by atoms with Gasteiger partial charge < -0.3 is 9.73 Å². The summed E-state index contributed by atoms with van der Waals surface area (Å²) in [6.45, 7) is 0.481. The minimum Gasteiger partial charge on any atom is -0.449 e. The standard InChI is InChI=1S/C15H12N2O2/c18-15(17-9-11-4-2-1-3-5-11)13-8-12-6-7-16-10-14(12)19-13/h1-8,10H,9H2,(H,17,18). The highest BCUT2D eigenvalue weighted by molar-refractivity contribution is 5.95. The first-order valence-corrected chi connectivity index (χ1v) is 5.98. The Labute approximate surface area is 110 Å². The van der Waals surface area contributed by atoms with Crippen LogP contribution in [0.3, 0.4) is 0 Å². The molecule has 94 valence electrons. The second kappa shape index (κ2) is 4.94. The fourth-order valence-electron chi connectivity index (χ4n) is 1.86. The number of nitrogens with zero attached hydrogens (tertiary/aromatic N) is 1. The van der Waals surface area contributed by atoms with Crippen LogP contribution in [0.2, 0.25) is 0 Å². The van der Waals surface area contributed by atoms with E-state index >= 15 is 0 Å². The van der Waals surface area contributed by atoms with Gasteiger partial charge in [0.1, 0.15) is 0 Å². The molecule has 0 radical (unpaired) electrons. The molecule has 2 aromatic heterocycles. The van der Waals surface area contributed by atoms with Gasteiger partial charge in [-0.25, -0.2) is 0 Å². The smallest absolute Gasteiger partial charge is 0.287 e. The zero-order chi connectivity index (χ0) is 13.1. The van der Waals surface area contributed by atoms with Gasteiger partial charge in [0.15, 0.2) is 11.3 Å². The molecule has 0 aliphatic heterocycles. The van der Waals surface area contributed by atoms with Gasteiger partial charge in [-0.3, -0.25) is 9.78 Å². The van der Waals surface area contributed by atoms with E-state index < -0.39 is 0 Å². The molecule has 1 amide bonds. The van der Waals surface area contributed by atoms with Crippen LogP contribution in [0.25, 0.3) is 11.0 Å². The van der Waals surface area contributed by atoms with Gasteiger partial charge in [0.25, 0.3) is 5.91 Å². The normalized spacial score (nSPS) is 10.5. The van der Waals surface area contributed by atoms with Gasteiger partial charge in [-0.1, -0.05) is 30.3 Å². The topological polar surface area (TPSA) is 55.1 Å². The largest absolute Gasteiger partial charge is 0.449 e. The molecule has 0 aliphatic carbocycles. The van der Waals surface area contributed by atoms with E-state index in [4.69, 9.17) is 4.42 Å². The van der Waals surface area contributed by atoms with Crippen molar-refractivity contribution in [2.45, 2.75) is 6.54 Å². The number of carbonyl (C=O) groups excluding carboxylic acids is 1. The Morgan fingerprint density at radius 2 is 2.05 bits per heavy atom. The van der Waals surface area contributed by atoms with E-state index in [1.807, 2.05) is 36.4 Å². The van der Waals surface area contributed by atoms with Crippen molar-refractivity contribution >= 4 is 16.9 Å². The highest BCUT2D eigenvalue weighted by atomic mass is 16.3. The number of nitrogens with one attached hydrogen (secondary N) is 1. The first kappa shape index (κ1) is 11.5. The zero-order valence-electron chi connectivity index (χ0n) is 10.2. The third kappa shape index (κ3) is 2.47. The average Bonchev–Trinajstić information content (AvgIpc) is 2.90. The Balaban J connectivity index is 1.73. The molecule has 1 N–H and O–H groups in total. The van der Waals surface area contributed by atoms with E-state index in [1.165, 1.54) is 0 Å². The predicted molar refractivity (Wildman–Crippen MR) is 71.6 cm³/mol. The van der Waals surface area contributed by atoms with Crippen molar-refractivity contribution in [2.24, 2.45) is 0 Å². The summed E-state index contributed by atoms with van der Waals surface area (Å²) in [5, 5.41) is 3.70. The van der Waals surface area contributed by atoms with Gasteiger partial charge >= 0.3 is 0 Å². The SMILES string of the molecule is O=C(NCc1ccccc1)c1cc2ccncc2o1. The van der Waals surface area contributed by atoms with Gasteiger partial charge in [-0.2, -0.15) is 0 Å². The molecular formula is C15H12N2O2. The third-order valence-corrected chi connectivity index (χ3v) is 2.84. The summed E-state index contributed by atoms with van der Waals surface area (Å²) < 4.78 is 5.44. The summed E-state index contributed by atoms with van der Waals surface area (Å²) in [5.41, 5.74) is 1.67. The number of furan rings is 1. The van der Waals surface area contributed by atoms with E-state index in [1.54, 1.807) is 18.5 Å². The molecule has 0 aliphatic rings. The van der Waals surface area contributed by atoms with Crippen LogP contribution in [0.1, 0.15) is 16.1 Å². The second-order valence-corrected chi connectivity index (χ2v) is 4.19. The zero-order valence-corrected chi connectivity index (χ0v) is 10.2. The van der Waals surface area contributed by atoms with Gasteiger partial charge in [0.2, 0.25) is 0 Å². The number of rotatable bonds is 3. The van der Waals surface area contributed by atoms with Crippen LogP contribution in [-0.2, 0) is 6.54 Å². The van der Waals surface area contributed by atoms with Crippen LogP contribution < -0.4 is 5.32 Å². The number of amides is 1. The van der Waals surface area contributed by atoms with E-state index in [9.17, 15) is 4.79 Å². The monoisotopic (exact) mass is 252 g/mol. The molecule has 3 aromatic rings. The number of benzene rings is 1. The van der Waals surface area contributed by atoms with Crippen molar-refractivity contribution in [1.82, 2.24) is 10.3 Å². The number of aromatic nitrogens is 1. The number of pyridine rings is 1. The molecule has 0 fully saturated rings. The third-order valence-electron chi connectivity index (χ3n) is 2.84. The second-order valence-electron chi connectivity index (χ2n) is 4.19. The summed E-state index contributed by atoms with van der Waals surface area (Å²) in [6, 6.07) is 13.3. The maximum Gasteiger partial charge on any atom is 0.287 e. The summed E-state index contributed by atoms with van der Waals surface area (Å²) in [7, 11) is 0. The summed E-state index contributed by atoms with van der Waals surface area (Å²) in [5.74, 6) is 0.0824. The number of hydrogen-bond acceptors (Lipinski definition) is 3. The maximum absolute atomic E-state index is 12.0. The quantitative estimate of drug-likeness (QED) is 0.779. The Kier molecular flexibility index (Phi) is 2.98. The van der Waals surface area contributed by atoms with Crippen molar-refractivity contribution in [3.8, 4) is 0 Å². The van der Waals surface area contributed by atoms with Gasteiger partial charge in [0.05, 0.1) is 6.20 Å². The van der Waals surface area contributed by atoms with Crippen LogP contribution in [0.4, 0.5) is 0 Å². The number of carbonyl (C=O) groups is 1. The first-order valence-electron chi connectivity index (χ1n) is 5.98. The number of hydrogen-bond donors (Lipinski definition) is 1. The molecular weight excluding hydrogens is 240 g/mol. The molecule has 0 bridgehead atoms. The van der Waals surface area contributed by atoms with Crippen LogP contribution in [-0.4, -0.2) is 10.9 Å². The lowest BCUT2D eigenvalue weighted by Gasteiger charge is -2.02. The molecule has 4 heteroatoms. The Hall–Kier alpha value is -2.62. The lowest BCUT2D eigenvalue weighted by atomic mass is 10.2. The summed E-state index contributed by atoms with van der Waals surface area (Å²) >= 11 is 0. The van der Waals surface area contributed by atoms with Gasteiger partial charge in [0, 0.05) is 18.1 Å². The van der Waals surface area contributed by atoms with E-state index in [2.05, 4.69) is 10.3 Å². The summed E-state index contributed by atoms with van der Waals surface area (Å²) in [6.07, 6.45) is 3.27. The lowest BCUT2D eigenvalue weighted by Crippen LogP contribution is -2.22. The Bertz CT molecular complexity index is 671. The minimum absolute atomic E-state index is 0.222. The van der Waals surface area contributed by atoms with Crippen molar-refractivity contribution in [2.75, 3.05) is 0 Å². The highest BCUT2D eigenvalue weighted by Crippen LogP contribution is 2.17. The molecule has 19 heavy (non-hydrogen) atoms.